The van der Waals surface area contributed by atoms with Gasteiger partial charge in [0.1, 0.15) is 5.78 Å². The molecule has 1 atom stereocenters. The largest absolute Gasteiger partial charge is 0.300 e. The summed E-state index contributed by atoms with van der Waals surface area (Å²) in [4.78, 5) is 11.3. The predicted molar refractivity (Wildman–Crippen MR) is 46.4 cm³/mol. The Morgan fingerprint density at radius 2 is 1.92 bits per heavy atom. The van der Waals surface area contributed by atoms with Crippen LogP contribution in [-0.2, 0) is 4.79 Å². The van der Waals surface area contributed by atoms with E-state index in [9.17, 15) is 4.79 Å². The maximum absolute atomic E-state index is 11.3. The van der Waals surface area contributed by atoms with Crippen LogP contribution in [0.1, 0.15) is 40.0 Å². The van der Waals surface area contributed by atoms with Crippen LogP contribution in [0.5, 0.6) is 0 Å². The van der Waals surface area contributed by atoms with E-state index in [1.807, 2.05) is 6.92 Å². The zero-order valence-corrected chi connectivity index (χ0v) is 7.98. The molecule has 1 fully saturated rings. The van der Waals surface area contributed by atoms with E-state index in [-0.39, 0.29) is 11.2 Å². The van der Waals surface area contributed by atoms with Crippen molar-refractivity contribution >= 4 is 5.78 Å². The average Bonchev–Trinajstić information content (AvgIpc) is 1.82. The van der Waals surface area contributed by atoms with Gasteiger partial charge in [-0.1, -0.05) is 13.8 Å². The number of ketones is 1. The summed E-state index contributed by atoms with van der Waals surface area (Å²) in [6.07, 6.45) is 1.90. The number of carbonyl (C=O) groups is 1. The summed E-state index contributed by atoms with van der Waals surface area (Å²) in [5, 5.41) is 8.90. The van der Waals surface area contributed by atoms with Crippen molar-refractivity contribution in [2.24, 2.45) is 10.8 Å². The summed E-state index contributed by atoms with van der Waals surface area (Å²) >= 11 is 0. The van der Waals surface area contributed by atoms with E-state index >= 15 is 0 Å². The molecule has 0 unspecified atom stereocenters. The van der Waals surface area contributed by atoms with Crippen molar-refractivity contribution in [1.29, 1.82) is 5.26 Å². The minimum Gasteiger partial charge on any atom is -0.300 e. The topological polar surface area (TPSA) is 40.9 Å². The summed E-state index contributed by atoms with van der Waals surface area (Å²) in [5.74, 6) is 0.232. The van der Waals surface area contributed by atoms with Crippen LogP contribution in [0, 0.1) is 22.2 Å². The summed E-state index contributed by atoms with van der Waals surface area (Å²) in [6, 6.07) is 2.25. The molecule has 1 rings (SSSR count). The number of nitrogens with zero attached hydrogens (tertiary/aromatic N) is 1. The first-order valence-corrected chi connectivity index (χ1v) is 4.30. The predicted octanol–water partition coefficient (Wildman–Crippen LogP) is 2.30. The Labute approximate surface area is 73.6 Å². The first-order chi connectivity index (χ1) is 5.37. The third kappa shape index (κ3) is 1.85. The lowest BCUT2D eigenvalue weighted by Crippen LogP contribution is -2.34. The highest BCUT2D eigenvalue weighted by Gasteiger charge is 2.40. The quantitative estimate of drug-likeness (QED) is 0.552. The molecule has 0 aliphatic heterocycles. The smallest absolute Gasteiger partial charge is 0.135 e. The minimum atomic E-state index is -0.418. The third-order valence-electron chi connectivity index (χ3n) is 2.40. The third-order valence-corrected chi connectivity index (χ3v) is 2.40. The van der Waals surface area contributed by atoms with Gasteiger partial charge in [-0.2, -0.15) is 5.26 Å². The molecule has 0 heterocycles. The van der Waals surface area contributed by atoms with Crippen LogP contribution in [0.15, 0.2) is 0 Å². The molecule has 1 aliphatic carbocycles. The highest BCUT2D eigenvalue weighted by Crippen LogP contribution is 2.43. The molecule has 2 nitrogen and oxygen atoms in total. The van der Waals surface area contributed by atoms with Crippen LogP contribution in [0.25, 0.3) is 0 Å². The van der Waals surface area contributed by atoms with Gasteiger partial charge in [0.05, 0.1) is 11.5 Å². The van der Waals surface area contributed by atoms with Crippen LogP contribution >= 0.6 is 0 Å². The molecule has 12 heavy (non-hydrogen) atoms. The lowest BCUT2D eigenvalue weighted by molar-refractivity contribution is -0.126. The molecule has 1 saturated carbocycles. The zero-order valence-electron chi connectivity index (χ0n) is 7.98. The van der Waals surface area contributed by atoms with Gasteiger partial charge in [-0.25, -0.2) is 0 Å². The highest BCUT2D eigenvalue weighted by molar-refractivity contribution is 5.81. The van der Waals surface area contributed by atoms with Crippen molar-refractivity contribution in [3.05, 3.63) is 0 Å². The van der Waals surface area contributed by atoms with Crippen LogP contribution in [0.2, 0.25) is 0 Å². The van der Waals surface area contributed by atoms with Gasteiger partial charge in [-0.05, 0) is 18.8 Å². The van der Waals surface area contributed by atoms with E-state index in [2.05, 4.69) is 19.9 Å². The van der Waals surface area contributed by atoms with E-state index in [4.69, 9.17) is 5.26 Å². The maximum atomic E-state index is 11.3. The van der Waals surface area contributed by atoms with E-state index < -0.39 is 5.41 Å². The van der Waals surface area contributed by atoms with Gasteiger partial charge in [-0.15, -0.1) is 0 Å². The highest BCUT2D eigenvalue weighted by atomic mass is 16.1. The van der Waals surface area contributed by atoms with Crippen molar-refractivity contribution in [1.82, 2.24) is 0 Å². The standard InChI is InChI=1S/C10H15NO/c1-9(2)4-8(12)5-10(3,6-9)7-11/h4-6H2,1-3H3/t10-/m1/s1. The number of hydrogen-bond donors (Lipinski definition) is 0. The fourth-order valence-electron chi connectivity index (χ4n) is 2.29. The molecule has 1 aliphatic rings. The second-order valence-electron chi connectivity index (χ2n) is 4.91. The minimum absolute atomic E-state index is 0.0137. The van der Waals surface area contributed by atoms with Crippen LogP contribution in [0.3, 0.4) is 0 Å². The number of hydrogen-bond acceptors (Lipinski definition) is 2. The molecule has 0 amide bonds. The Morgan fingerprint density at radius 3 is 2.33 bits per heavy atom. The number of carbonyl (C=O) groups excluding carboxylic acids is 1. The average molecular weight is 165 g/mol. The fraction of sp³-hybridized carbons (Fsp3) is 0.800. The SMILES string of the molecule is CC1(C)CC(=O)C[C@@](C)(C#N)C1. The summed E-state index contributed by atoms with van der Waals surface area (Å²) in [6.45, 7) is 5.99. The van der Waals surface area contributed by atoms with E-state index in [0.29, 0.717) is 12.8 Å². The number of Topliss-reactive ketones (excluding diaryl/α,β-unsaturated/α-hetero) is 1. The van der Waals surface area contributed by atoms with Gasteiger partial charge in [0, 0.05) is 12.8 Å². The maximum Gasteiger partial charge on any atom is 0.135 e. The Kier molecular flexibility index (Phi) is 1.99. The van der Waals surface area contributed by atoms with Crippen molar-refractivity contribution < 1.29 is 4.79 Å². The molecule has 66 valence electrons. The molecule has 0 N–H and O–H groups in total. The van der Waals surface area contributed by atoms with Gasteiger partial charge < -0.3 is 0 Å². The van der Waals surface area contributed by atoms with E-state index in [1.165, 1.54) is 0 Å². The first kappa shape index (κ1) is 9.25. The Balaban J connectivity index is 2.86. The number of rotatable bonds is 0. The molecule has 0 aromatic carbocycles. The lowest BCUT2D eigenvalue weighted by atomic mass is 9.65. The zero-order chi connectivity index (χ0) is 9.41. The van der Waals surface area contributed by atoms with E-state index in [1.54, 1.807) is 0 Å². The lowest BCUT2D eigenvalue weighted by Gasteiger charge is -2.37. The van der Waals surface area contributed by atoms with Crippen molar-refractivity contribution in [3.63, 3.8) is 0 Å². The number of nitriles is 1. The molecule has 0 saturated heterocycles. The summed E-state index contributed by atoms with van der Waals surface area (Å²) in [5.41, 5.74) is -0.404. The molecule has 0 bridgehead atoms. The van der Waals surface area contributed by atoms with Gasteiger partial charge >= 0.3 is 0 Å². The van der Waals surface area contributed by atoms with Gasteiger partial charge in [0.25, 0.3) is 0 Å². The summed E-state index contributed by atoms with van der Waals surface area (Å²) in [7, 11) is 0. The Hall–Kier alpha value is -0.840. The first-order valence-electron chi connectivity index (χ1n) is 4.30. The second kappa shape index (κ2) is 2.58. The van der Waals surface area contributed by atoms with Crippen LogP contribution in [0.4, 0.5) is 0 Å². The summed E-state index contributed by atoms with van der Waals surface area (Å²) < 4.78 is 0. The molecule has 0 aromatic rings. The van der Waals surface area contributed by atoms with Crippen LogP contribution < -0.4 is 0 Å². The Bertz CT molecular complexity index is 249. The van der Waals surface area contributed by atoms with E-state index in [0.717, 1.165) is 6.42 Å². The van der Waals surface area contributed by atoms with Gasteiger partial charge in [-0.3, -0.25) is 4.79 Å². The molecule has 0 aromatic heterocycles. The fourth-order valence-corrected chi connectivity index (χ4v) is 2.29. The monoisotopic (exact) mass is 165 g/mol. The van der Waals surface area contributed by atoms with Crippen molar-refractivity contribution in [3.8, 4) is 6.07 Å². The van der Waals surface area contributed by atoms with Crippen LogP contribution in [-0.4, -0.2) is 5.78 Å². The normalized spacial score (nSPS) is 34.3. The van der Waals surface area contributed by atoms with Crippen molar-refractivity contribution in [2.45, 2.75) is 40.0 Å². The molecular formula is C10H15NO. The second-order valence-corrected chi connectivity index (χ2v) is 4.91. The molecule has 0 spiro atoms. The Morgan fingerprint density at radius 1 is 1.33 bits per heavy atom. The van der Waals surface area contributed by atoms with Gasteiger partial charge in [0.2, 0.25) is 0 Å². The van der Waals surface area contributed by atoms with Crippen molar-refractivity contribution in [2.75, 3.05) is 0 Å². The molecule has 2 heteroatoms. The van der Waals surface area contributed by atoms with Gasteiger partial charge in [0.15, 0.2) is 0 Å². The molecule has 0 radical (unpaired) electrons. The molecular weight excluding hydrogens is 150 g/mol.